The van der Waals surface area contributed by atoms with Crippen LogP contribution >= 0.6 is 0 Å². The first-order valence-electron chi connectivity index (χ1n) is 4.06. The summed E-state index contributed by atoms with van der Waals surface area (Å²) in [5.41, 5.74) is 0.00797. The van der Waals surface area contributed by atoms with E-state index in [9.17, 15) is 4.79 Å². The Labute approximate surface area is 76.2 Å². The molecule has 0 spiro atoms. The number of carboxylic acids is 1. The quantitative estimate of drug-likeness (QED) is 0.765. The lowest BCUT2D eigenvalue weighted by molar-refractivity contribution is 0.0690. The van der Waals surface area contributed by atoms with Crippen LogP contribution in [0.15, 0.2) is 18.3 Å². The molecule has 1 heterocycles. The van der Waals surface area contributed by atoms with Gasteiger partial charge in [-0.3, -0.25) is 0 Å². The lowest BCUT2D eigenvalue weighted by atomic mass is 10.3. The first-order chi connectivity index (χ1) is 6.24. The van der Waals surface area contributed by atoms with Crippen molar-refractivity contribution in [3.63, 3.8) is 0 Å². The zero-order chi connectivity index (χ0) is 9.68. The molecule has 1 N–H and O–H groups in total. The molecule has 1 aromatic heterocycles. The zero-order valence-corrected chi connectivity index (χ0v) is 7.36. The molecule has 0 saturated carbocycles. The van der Waals surface area contributed by atoms with Crippen LogP contribution in [0.25, 0.3) is 0 Å². The molecule has 0 bridgehead atoms. The fourth-order valence-electron chi connectivity index (χ4n) is 0.838. The van der Waals surface area contributed by atoms with Crippen LogP contribution in [0, 0.1) is 0 Å². The molecule has 0 aliphatic rings. The normalized spacial score (nSPS) is 9.62. The Hall–Kier alpha value is -1.58. The topological polar surface area (TPSA) is 59.4 Å². The molecule has 0 aromatic carbocycles. The molecule has 0 aliphatic carbocycles. The molecule has 1 aromatic rings. The Bertz CT molecular complexity index is 299. The maximum absolute atomic E-state index is 10.5. The van der Waals surface area contributed by atoms with Gasteiger partial charge in [0.2, 0.25) is 0 Å². The second-order valence-electron chi connectivity index (χ2n) is 2.53. The maximum atomic E-state index is 10.5. The molecule has 0 aliphatic heterocycles. The van der Waals surface area contributed by atoms with Crippen molar-refractivity contribution < 1.29 is 14.6 Å². The van der Waals surface area contributed by atoms with Gasteiger partial charge in [-0.25, -0.2) is 9.78 Å². The van der Waals surface area contributed by atoms with Gasteiger partial charge in [-0.05, 0) is 12.5 Å². The van der Waals surface area contributed by atoms with E-state index >= 15 is 0 Å². The number of hydrogen-bond donors (Lipinski definition) is 1. The van der Waals surface area contributed by atoms with Gasteiger partial charge in [0.25, 0.3) is 0 Å². The molecule has 0 unspecified atom stereocenters. The number of carbonyl (C=O) groups is 1. The molecule has 0 amide bonds. The molecule has 1 rings (SSSR count). The first-order valence-corrected chi connectivity index (χ1v) is 4.06. The number of carboxylic acid groups (broad SMARTS) is 1. The van der Waals surface area contributed by atoms with Crippen molar-refractivity contribution in [2.75, 3.05) is 6.61 Å². The molecule has 0 fully saturated rings. The summed E-state index contributed by atoms with van der Waals surface area (Å²) in [6.07, 6.45) is 2.32. The molecule has 0 atom stereocenters. The second kappa shape index (κ2) is 4.45. The summed E-state index contributed by atoms with van der Waals surface area (Å²) in [4.78, 5) is 14.2. The van der Waals surface area contributed by atoms with E-state index in [1.54, 1.807) is 6.07 Å². The third kappa shape index (κ3) is 2.74. The highest BCUT2D eigenvalue weighted by molar-refractivity contribution is 5.85. The standard InChI is InChI=1S/C9H11NO3/c1-2-5-13-7-3-4-10-8(6-7)9(11)12/h3-4,6H,2,5H2,1H3,(H,11,12). The third-order valence-electron chi connectivity index (χ3n) is 1.42. The number of hydrogen-bond acceptors (Lipinski definition) is 3. The summed E-state index contributed by atoms with van der Waals surface area (Å²) in [6, 6.07) is 3.06. The maximum Gasteiger partial charge on any atom is 0.354 e. The van der Waals surface area contributed by atoms with E-state index in [0.717, 1.165) is 6.42 Å². The van der Waals surface area contributed by atoms with E-state index in [1.807, 2.05) is 6.92 Å². The SMILES string of the molecule is CCCOc1ccnc(C(=O)O)c1. The number of aromatic carboxylic acids is 1. The molecular formula is C9H11NO3. The number of aromatic nitrogens is 1. The minimum absolute atomic E-state index is 0.00797. The average molecular weight is 181 g/mol. The number of rotatable bonds is 4. The van der Waals surface area contributed by atoms with Crippen LogP contribution in [0.5, 0.6) is 5.75 Å². The van der Waals surface area contributed by atoms with Gasteiger partial charge < -0.3 is 9.84 Å². The fourth-order valence-corrected chi connectivity index (χ4v) is 0.838. The van der Waals surface area contributed by atoms with Crippen LogP contribution < -0.4 is 4.74 Å². The molecule has 0 radical (unpaired) electrons. The van der Waals surface area contributed by atoms with Gasteiger partial charge in [0.05, 0.1) is 6.61 Å². The molecular weight excluding hydrogens is 170 g/mol. The predicted octanol–water partition coefficient (Wildman–Crippen LogP) is 1.57. The van der Waals surface area contributed by atoms with E-state index in [2.05, 4.69) is 4.98 Å². The van der Waals surface area contributed by atoms with Crippen molar-refractivity contribution in [1.82, 2.24) is 4.98 Å². The summed E-state index contributed by atoms with van der Waals surface area (Å²) in [5.74, 6) is -0.490. The van der Waals surface area contributed by atoms with Gasteiger partial charge >= 0.3 is 5.97 Å². The van der Waals surface area contributed by atoms with Crippen LogP contribution in [-0.4, -0.2) is 22.7 Å². The fraction of sp³-hybridized carbons (Fsp3) is 0.333. The van der Waals surface area contributed by atoms with Crippen LogP contribution in [-0.2, 0) is 0 Å². The van der Waals surface area contributed by atoms with Crippen molar-refractivity contribution in [1.29, 1.82) is 0 Å². The Kier molecular flexibility index (Phi) is 3.25. The molecule has 0 saturated heterocycles. The summed E-state index contributed by atoms with van der Waals surface area (Å²) >= 11 is 0. The lowest BCUT2D eigenvalue weighted by Crippen LogP contribution is -2.01. The van der Waals surface area contributed by atoms with Gasteiger partial charge in [0.15, 0.2) is 5.69 Å². The van der Waals surface area contributed by atoms with Gasteiger partial charge in [-0.1, -0.05) is 6.92 Å². The Morgan fingerprint density at radius 1 is 1.69 bits per heavy atom. The summed E-state index contributed by atoms with van der Waals surface area (Å²) in [6.45, 7) is 2.57. The van der Waals surface area contributed by atoms with Gasteiger partial charge in [0.1, 0.15) is 5.75 Å². The highest BCUT2D eigenvalue weighted by Gasteiger charge is 2.04. The monoisotopic (exact) mass is 181 g/mol. The summed E-state index contributed by atoms with van der Waals surface area (Å²) < 4.78 is 5.24. The highest BCUT2D eigenvalue weighted by Crippen LogP contribution is 2.10. The van der Waals surface area contributed by atoms with Gasteiger partial charge in [-0.15, -0.1) is 0 Å². The van der Waals surface area contributed by atoms with E-state index in [0.29, 0.717) is 12.4 Å². The van der Waals surface area contributed by atoms with Crippen molar-refractivity contribution in [2.24, 2.45) is 0 Å². The minimum atomic E-state index is -1.04. The largest absolute Gasteiger partial charge is 0.493 e. The van der Waals surface area contributed by atoms with Crippen LogP contribution in [0.4, 0.5) is 0 Å². The van der Waals surface area contributed by atoms with Gasteiger partial charge in [0, 0.05) is 12.3 Å². The smallest absolute Gasteiger partial charge is 0.354 e. The third-order valence-corrected chi connectivity index (χ3v) is 1.42. The van der Waals surface area contributed by atoms with E-state index in [4.69, 9.17) is 9.84 Å². The van der Waals surface area contributed by atoms with Crippen LogP contribution in [0.1, 0.15) is 23.8 Å². The highest BCUT2D eigenvalue weighted by atomic mass is 16.5. The summed E-state index contributed by atoms with van der Waals surface area (Å²) in [7, 11) is 0. The van der Waals surface area contributed by atoms with E-state index in [-0.39, 0.29) is 5.69 Å². The minimum Gasteiger partial charge on any atom is -0.493 e. The molecule has 4 heteroatoms. The average Bonchev–Trinajstić information content (AvgIpc) is 2.15. The van der Waals surface area contributed by atoms with Crippen molar-refractivity contribution in [2.45, 2.75) is 13.3 Å². The van der Waals surface area contributed by atoms with Crippen molar-refractivity contribution in [3.8, 4) is 5.75 Å². The lowest BCUT2D eigenvalue weighted by Gasteiger charge is -2.03. The Balaban J connectivity index is 2.73. The Morgan fingerprint density at radius 2 is 2.46 bits per heavy atom. The predicted molar refractivity (Wildman–Crippen MR) is 47.0 cm³/mol. The summed E-state index contributed by atoms with van der Waals surface area (Å²) in [5, 5.41) is 8.62. The number of ether oxygens (including phenoxy) is 1. The van der Waals surface area contributed by atoms with Crippen LogP contribution in [0.3, 0.4) is 0 Å². The van der Waals surface area contributed by atoms with Gasteiger partial charge in [-0.2, -0.15) is 0 Å². The van der Waals surface area contributed by atoms with Crippen LogP contribution in [0.2, 0.25) is 0 Å². The van der Waals surface area contributed by atoms with E-state index < -0.39 is 5.97 Å². The van der Waals surface area contributed by atoms with Crippen molar-refractivity contribution >= 4 is 5.97 Å². The molecule has 13 heavy (non-hydrogen) atoms. The first kappa shape index (κ1) is 9.51. The Morgan fingerprint density at radius 3 is 3.08 bits per heavy atom. The molecule has 4 nitrogen and oxygen atoms in total. The molecule has 70 valence electrons. The van der Waals surface area contributed by atoms with E-state index in [1.165, 1.54) is 12.3 Å². The number of nitrogens with zero attached hydrogens (tertiary/aromatic N) is 1. The number of pyridine rings is 1. The van der Waals surface area contributed by atoms with Crippen molar-refractivity contribution in [3.05, 3.63) is 24.0 Å². The zero-order valence-electron chi connectivity index (χ0n) is 7.36. The second-order valence-corrected chi connectivity index (χ2v) is 2.53.